The van der Waals surface area contributed by atoms with Gasteiger partial charge in [-0.2, -0.15) is 0 Å². The van der Waals surface area contributed by atoms with Crippen LogP contribution >= 0.6 is 22.9 Å². The molecule has 1 atom stereocenters. The van der Waals surface area contributed by atoms with Crippen molar-refractivity contribution in [3.8, 4) is 10.6 Å². The Labute approximate surface area is 121 Å². The predicted octanol–water partition coefficient (Wildman–Crippen LogP) is 4.66. The standard InChI is InChI=1S/C14H16ClFN2S/c1-3-7-17-9(2)12-8-19-14(18-12)10-5-4-6-11(15)13(10)16/h4-6,8-9,17H,3,7H2,1-2H3. The number of hydrogen-bond donors (Lipinski definition) is 1. The van der Waals surface area contributed by atoms with Gasteiger partial charge in [-0.15, -0.1) is 11.3 Å². The Hall–Kier alpha value is -0.970. The smallest absolute Gasteiger partial charge is 0.152 e. The Morgan fingerprint density at radius 3 is 3.00 bits per heavy atom. The number of hydrogen-bond acceptors (Lipinski definition) is 3. The maximum absolute atomic E-state index is 13.9. The molecule has 0 aliphatic carbocycles. The second-order valence-electron chi connectivity index (χ2n) is 4.35. The normalized spacial score (nSPS) is 12.6. The summed E-state index contributed by atoms with van der Waals surface area (Å²) in [5.74, 6) is -0.403. The van der Waals surface area contributed by atoms with Crippen molar-refractivity contribution in [1.82, 2.24) is 10.3 Å². The van der Waals surface area contributed by atoms with E-state index in [1.165, 1.54) is 11.3 Å². The first-order valence-electron chi connectivity index (χ1n) is 6.26. The lowest BCUT2D eigenvalue weighted by atomic mass is 10.2. The van der Waals surface area contributed by atoms with Crippen molar-refractivity contribution in [3.63, 3.8) is 0 Å². The minimum atomic E-state index is -0.403. The van der Waals surface area contributed by atoms with E-state index >= 15 is 0 Å². The molecule has 0 aliphatic rings. The van der Waals surface area contributed by atoms with Crippen LogP contribution in [-0.4, -0.2) is 11.5 Å². The molecule has 2 aromatic rings. The monoisotopic (exact) mass is 298 g/mol. The summed E-state index contributed by atoms with van der Waals surface area (Å²) in [6.07, 6.45) is 1.07. The van der Waals surface area contributed by atoms with Gasteiger partial charge in [0, 0.05) is 17.0 Å². The Kier molecular flexibility index (Phi) is 4.91. The van der Waals surface area contributed by atoms with Gasteiger partial charge in [-0.3, -0.25) is 0 Å². The molecule has 2 rings (SSSR count). The molecule has 1 heterocycles. The molecule has 0 spiro atoms. The van der Waals surface area contributed by atoms with Gasteiger partial charge in [-0.1, -0.05) is 24.6 Å². The van der Waals surface area contributed by atoms with Crippen LogP contribution in [0.4, 0.5) is 4.39 Å². The second-order valence-corrected chi connectivity index (χ2v) is 5.62. The number of aromatic nitrogens is 1. The summed E-state index contributed by atoms with van der Waals surface area (Å²) in [5, 5.41) is 6.12. The number of benzene rings is 1. The third-order valence-electron chi connectivity index (χ3n) is 2.85. The minimum absolute atomic E-state index is 0.131. The van der Waals surface area contributed by atoms with E-state index in [2.05, 4.69) is 24.1 Å². The molecule has 0 saturated heterocycles. The van der Waals surface area contributed by atoms with Crippen molar-refractivity contribution in [2.75, 3.05) is 6.54 Å². The molecular weight excluding hydrogens is 283 g/mol. The van der Waals surface area contributed by atoms with Gasteiger partial charge in [-0.05, 0) is 32.0 Å². The molecule has 1 aromatic heterocycles. The van der Waals surface area contributed by atoms with E-state index in [9.17, 15) is 4.39 Å². The lowest BCUT2D eigenvalue weighted by Crippen LogP contribution is -2.19. The van der Waals surface area contributed by atoms with E-state index in [1.54, 1.807) is 18.2 Å². The van der Waals surface area contributed by atoms with E-state index < -0.39 is 5.82 Å². The molecule has 1 N–H and O–H groups in total. The highest BCUT2D eigenvalue weighted by Gasteiger charge is 2.14. The van der Waals surface area contributed by atoms with Gasteiger partial charge < -0.3 is 5.32 Å². The maximum Gasteiger partial charge on any atom is 0.152 e. The first kappa shape index (κ1) is 14.4. The van der Waals surface area contributed by atoms with Gasteiger partial charge in [0.25, 0.3) is 0 Å². The molecule has 1 unspecified atom stereocenters. The molecule has 0 aliphatic heterocycles. The fraction of sp³-hybridized carbons (Fsp3) is 0.357. The first-order valence-corrected chi connectivity index (χ1v) is 7.52. The van der Waals surface area contributed by atoms with E-state index in [-0.39, 0.29) is 11.1 Å². The van der Waals surface area contributed by atoms with Crippen molar-refractivity contribution in [2.24, 2.45) is 0 Å². The van der Waals surface area contributed by atoms with Crippen molar-refractivity contribution >= 4 is 22.9 Å². The fourth-order valence-corrected chi connectivity index (χ4v) is 2.85. The topological polar surface area (TPSA) is 24.9 Å². The number of nitrogens with zero attached hydrogens (tertiary/aromatic N) is 1. The molecule has 1 aromatic carbocycles. The summed E-state index contributed by atoms with van der Waals surface area (Å²) < 4.78 is 13.9. The Morgan fingerprint density at radius 1 is 1.47 bits per heavy atom. The lowest BCUT2D eigenvalue weighted by molar-refractivity contribution is 0.561. The Morgan fingerprint density at radius 2 is 2.26 bits per heavy atom. The molecule has 0 bridgehead atoms. The van der Waals surface area contributed by atoms with Crippen LogP contribution in [0.15, 0.2) is 23.6 Å². The summed E-state index contributed by atoms with van der Waals surface area (Å²) in [4.78, 5) is 4.49. The van der Waals surface area contributed by atoms with E-state index in [0.717, 1.165) is 18.7 Å². The number of thiazole rings is 1. The van der Waals surface area contributed by atoms with Crippen LogP contribution in [0, 0.1) is 5.82 Å². The van der Waals surface area contributed by atoms with Crippen molar-refractivity contribution in [3.05, 3.63) is 40.1 Å². The molecule has 19 heavy (non-hydrogen) atoms. The summed E-state index contributed by atoms with van der Waals surface area (Å²) >= 11 is 7.23. The number of halogens is 2. The average molecular weight is 299 g/mol. The number of rotatable bonds is 5. The molecule has 102 valence electrons. The summed E-state index contributed by atoms with van der Waals surface area (Å²) in [6.45, 7) is 5.12. The van der Waals surface area contributed by atoms with Crippen LogP contribution < -0.4 is 5.32 Å². The van der Waals surface area contributed by atoms with E-state index in [4.69, 9.17) is 11.6 Å². The maximum atomic E-state index is 13.9. The molecule has 2 nitrogen and oxygen atoms in total. The molecule has 0 saturated carbocycles. The van der Waals surface area contributed by atoms with E-state index in [0.29, 0.717) is 10.6 Å². The summed E-state index contributed by atoms with van der Waals surface area (Å²) in [7, 11) is 0. The van der Waals surface area contributed by atoms with Crippen LogP contribution in [0.1, 0.15) is 32.0 Å². The van der Waals surface area contributed by atoms with Crippen molar-refractivity contribution in [2.45, 2.75) is 26.3 Å². The molecular formula is C14H16ClFN2S. The van der Waals surface area contributed by atoms with Gasteiger partial charge >= 0.3 is 0 Å². The second kappa shape index (κ2) is 6.46. The van der Waals surface area contributed by atoms with Crippen molar-refractivity contribution in [1.29, 1.82) is 0 Å². The highest BCUT2D eigenvalue weighted by Crippen LogP contribution is 2.31. The van der Waals surface area contributed by atoms with Gasteiger partial charge in [0.05, 0.1) is 10.7 Å². The largest absolute Gasteiger partial charge is 0.309 e. The summed E-state index contributed by atoms with van der Waals surface area (Å²) in [6, 6.07) is 5.15. The minimum Gasteiger partial charge on any atom is -0.309 e. The van der Waals surface area contributed by atoms with Gasteiger partial charge in [0.1, 0.15) is 5.01 Å². The zero-order valence-corrected chi connectivity index (χ0v) is 12.5. The predicted molar refractivity (Wildman–Crippen MR) is 79.2 cm³/mol. The Bertz CT molecular complexity index is 556. The third-order valence-corrected chi connectivity index (χ3v) is 4.03. The SMILES string of the molecule is CCCNC(C)c1csc(-c2cccc(Cl)c2F)n1. The molecule has 0 radical (unpaired) electrons. The molecule has 0 fully saturated rings. The van der Waals surface area contributed by atoms with Crippen LogP contribution in [-0.2, 0) is 0 Å². The third kappa shape index (κ3) is 3.32. The molecule has 0 amide bonds. The Balaban J connectivity index is 2.23. The highest BCUT2D eigenvalue weighted by atomic mass is 35.5. The lowest BCUT2D eigenvalue weighted by Gasteiger charge is -2.09. The fourth-order valence-electron chi connectivity index (χ4n) is 1.74. The average Bonchev–Trinajstić information content (AvgIpc) is 2.88. The van der Waals surface area contributed by atoms with Gasteiger partial charge in [0.15, 0.2) is 5.82 Å². The molecule has 5 heteroatoms. The van der Waals surface area contributed by atoms with Crippen molar-refractivity contribution < 1.29 is 4.39 Å². The quantitative estimate of drug-likeness (QED) is 0.868. The summed E-state index contributed by atoms with van der Waals surface area (Å²) in [5.41, 5.74) is 1.40. The zero-order chi connectivity index (χ0) is 13.8. The van der Waals surface area contributed by atoms with Gasteiger partial charge in [-0.25, -0.2) is 9.37 Å². The van der Waals surface area contributed by atoms with Gasteiger partial charge in [0.2, 0.25) is 0 Å². The van der Waals surface area contributed by atoms with E-state index in [1.807, 2.05) is 5.38 Å². The first-order chi connectivity index (χ1) is 9.13. The van der Waals surface area contributed by atoms with Crippen LogP contribution in [0.2, 0.25) is 5.02 Å². The highest BCUT2D eigenvalue weighted by molar-refractivity contribution is 7.13. The van der Waals surface area contributed by atoms with Crippen LogP contribution in [0.25, 0.3) is 10.6 Å². The number of nitrogens with one attached hydrogen (secondary N) is 1. The van der Waals surface area contributed by atoms with Crippen LogP contribution in [0.3, 0.4) is 0 Å². The zero-order valence-electron chi connectivity index (χ0n) is 10.9. The van der Waals surface area contributed by atoms with Crippen LogP contribution in [0.5, 0.6) is 0 Å².